The van der Waals surface area contributed by atoms with Gasteiger partial charge in [0.15, 0.2) is 0 Å². The molecule has 0 aromatic rings. The number of halogens is 2. The second kappa shape index (κ2) is 6.12. The Balaban J connectivity index is 2.04. The van der Waals surface area contributed by atoms with Gasteiger partial charge in [-0.1, -0.05) is 38.5 Å². The van der Waals surface area contributed by atoms with Gasteiger partial charge in [-0.25, -0.2) is 0 Å². The van der Waals surface area contributed by atoms with Gasteiger partial charge in [0.1, 0.15) is 0 Å². The first-order chi connectivity index (χ1) is 8.24. The van der Waals surface area contributed by atoms with Crippen molar-refractivity contribution in [3.05, 3.63) is 0 Å². The van der Waals surface area contributed by atoms with E-state index >= 15 is 0 Å². The van der Waals surface area contributed by atoms with Gasteiger partial charge in [0.2, 0.25) is 0 Å². The fourth-order valence-corrected chi connectivity index (χ4v) is 4.02. The number of hydrogen-bond acceptors (Lipinski definition) is 1. The average Bonchev–Trinajstić information content (AvgIpc) is 2.41. The Kier molecular flexibility index (Phi) is 5.03. The quantitative estimate of drug-likeness (QED) is 0.666. The third-order valence-corrected chi connectivity index (χ3v) is 5.42. The largest absolute Gasteiger partial charge is 0.366 e. The van der Waals surface area contributed by atoms with E-state index in [-0.39, 0.29) is 11.2 Å². The third kappa shape index (κ3) is 3.30. The van der Waals surface area contributed by atoms with Gasteiger partial charge in [-0.2, -0.15) is 0 Å². The molecule has 3 heteroatoms. The summed E-state index contributed by atoms with van der Waals surface area (Å²) in [5, 5.41) is 0. The second-order valence-corrected chi connectivity index (χ2v) is 6.39. The van der Waals surface area contributed by atoms with Crippen LogP contribution in [0, 0.1) is 0 Å². The molecule has 0 N–H and O–H groups in total. The standard InChI is InChI=1S/C14H24Cl2O/c15-11-13(7-3-1-4-8-13)17-14(12-16)9-5-2-6-10-14/h1-12H2. The van der Waals surface area contributed by atoms with E-state index in [1.807, 2.05) is 0 Å². The lowest BCUT2D eigenvalue weighted by Gasteiger charge is -2.46. The number of hydrogen-bond donors (Lipinski definition) is 0. The molecule has 0 aromatic heterocycles. The molecule has 1 nitrogen and oxygen atoms in total. The van der Waals surface area contributed by atoms with Crippen molar-refractivity contribution in [2.45, 2.75) is 75.4 Å². The fourth-order valence-electron chi connectivity index (χ4n) is 3.38. The smallest absolute Gasteiger partial charge is 0.0825 e. The minimum Gasteiger partial charge on any atom is -0.366 e. The van der Waals surface area contributed by atoms with Crippen molar-refractivity contribution >= 4 is 23.2 Å². The SMILES string of the molecule is ClCC1(OC2(CCl)CCCCC2)CCCCC1. The van der Waals surface area contributed by atoms with Gasteiger partial charge in [0, 0.05) is 0 Å². The molecule has 2 aliphatic carbocycles. The van der Waals surface area contributed by atoms with Gasteiger partial charge < -0.3 is 4.74 Å². The molecule has 2 aliphatic rings. The van der Waals surface area contributed by atoms with Crippen molar-refractivity contribution < 1.29 is 4.74 Å². The van der Waals surface area contributed by atoms with E-state index in [0.717, 1.165) is 25.7 Å². The van der Waals surface area contributed by atoms with Crippen LogP contribution in [0.5, 0.6) is 0 Å². The minimum atomic E-state index is -0.0773. The van der Waals surface area contributed by atoms with Crippen LogP contribution in [0.15, 0.2) is 0 Å². The van der Waals surface area contributed by atoms with Gasteiger partial charge in [0.25, 0.3) is 0 Å². The molecular formula is C14H24Cl2O. The van der Waals surface area contributed by atoms with E-state index in [1.54, 1.807) is 0 Å². The molecule has 0 radical (unpaired) electrons. The fraction of sp³-hybridized carbons (Fsp3) is 1.00. The van der Waals surface area contributed by atoms with E-state index < -0.39 is 0 Å². The lowest BCUT2D eigenvalue weighted by molar-refractivity contribution is -0.163. The van der Waals surface area contributed by atoms with Crippen molar-refractivity contribution in [1.29, 1.82) is 0 Å². The summed E-state index contributed by atoms with van der Waals surface area (Å²) in [5.41, 5.74) is -0.155. The van der Waals surface area contributed by atoms with Crippen molar-refractivity contribution in [1.82, 2.24) is 0 Å². The zero-order chi connectivity index (χ0) is 12.2. The lowest BCUT2D eigenvalue weighted by atomic mass is 9.82. The van der Waals surface area contributed by atoms with Crippen LogP contribution in [0.4, 0.5) is 0 Å². The van der Waals surface area contributed by atoms with Crippen LogP contribution in [0.2, 0.25) is 0 Å². The molecule has 2 rings (SSSR count). The topological polar surface area (TPSA) is 9.23 Å². The highest BCUT2D eigenvalue weighted by atomic mass is 35.5. The summed E-state index contributed by atoms with van der Waals surface area (Å²) >= 11 is 12.4. The number of alkyl halides is 2. The van der Waals surface area contributed by atoms with Crippen molar-refractivity contribution in [3.63, 3.8) is 0 Å². The number of ether oxygens (including phenoxy) is 1. The third-order valence-electron chi connectivity index (χ3n) is 4.45. The summed E-state index contributed by atoms with van der Waals surface area (Å²) in [7, 11) is 0. The monoisotopic (exact) mass is 278 g/mol. The first-order valence-corrected chi connectivity index (χ1v) is 8.13. The van der Waals surface area contributed by atoms with Crippen molar-refractivity contribution in [2.75, 3.05) is 11.8 Å². The zero-order valence-corrected chi connectivity index (χ0v) is 12.2. The molecule has 0 aromatic carbocycles. The summed E-state index contributed by atoms with van der Waals surface area (Å²) in [6.07, 6.45) is 12.2. The predicted molar refractivity (Wildman–Crippen MR) is 74.2 cm³/mol. The van der Waals surface area contributed by atoms with Crippen LogP contribution in [-0.4, -0.2) is 23.0 Å². The predicted octanol–water partition coefficient (Wildman–Crippen LogP) is 4.89. The summed E-state index contributed by atoms with van der Waals surface area (Å²) in [4.78, 5) is 0. The average molecular weight is 279 g/mol. The molecule has 0 unspecified atom stereocenters. The highest BCUT2D eigenvalue weighted by Crippen LogP contribution is 2.42. The van der Waals surface area contributed by atoms with Gasteiger partial charge in [-0.05, 0) is 25.7 Å². The van der Waals surface area contributed by atoms with Crippen LogP contribution in [-0.2, 0) is 4.74 Å². The first kappa shape index (κ1) is 14.0. The summed E-state index contributed by atoms with van der Waals surface area (Å²) in [5.74, 6) is 1.26. The first-order valence-electron chi connectivity index (χ1n) is 7.06. The Morgan fingerprint density at radius 1 is 0.647 bits per heavy atom. The Labute approximate surface area is 115 Å². The Morgan fingerprint density at radius 3 is 1.29 bits per heavy atom. The molecule has 17 heavy (non-hydrogen) atoms. The van der Waals surface area contributed by atoms with Crippen LogP contribution < -0.4 is 0 Å². The summed E-state index contributed by atoms with van der Waals surface area (Å²) in [6, 6.07) is 0. The Hall–Kier alpha value is 0.540. The zero-order valence-electron chi connectivity index (χ0n) is 10.6. The van der Waals surface area contributed by atoms with Crippen molar-refractivity contribution in [3.8, 4) is 0 Å². The highest BCUT2D eigenvalue weighted by molar-refractivity contribution is 6.19. The van der Waals surface area contributed by atoms with Gasteiger partial charge in [0.05, 0.1) is 23.0 Å². The molecule has 0 heterocycles. The maximum absolute atomic E-state index is 6.54. The van der Waals surface area contributed by atoms with Crippen LogP contribution in [0.3, 0.4) is 0 Å². The van der Waals surface area contributed by atoms with E-state index in [1.165, 1.54) is 38.5 Å². The molecule has 0 saturated heterocycles. The minimum absolute atomic E-state index is 0.0773. The van der Waals surface area contributed by atoms with Crippen LogP contribution >= 0.6 is 23.2 Å². The molecule has 100 valence electrons. The molecular weight excluding hydrogens is 255 g/mol. The van der Waals surface area contributed by atoms with Crippen LogP contribution in [0.1, 0.15) is 64.2 Å². The van der Waals surface area contributed by atoms with E-state index in [9.17, 15) is 0 Å². The molecule has 0 atom stereocenters. The van der Waals surface area contributed by atoms with Gasteiger partial charge in [-0.3, -0.25) is 0 Å². The molecule has 2 saturated carbocycles. The molecule has 2 fully saturated rings. The normalized spacial score (nSPS) is 27.9. The van der Waals surface area contributed by atoms with Gasteiger partial charge >= 0.3 is 0 Å². The van der Waals surface area contributed by atoms with Crippen LogP contribution in [0.25, 0.3) is 0 Å². The Bertz CT molecular complexity index is 206. The van der Waals surface area contributed by atoms with E-state index in [2.05, 4.69) is 0 Å². The molecule has 0 bridgehead atoms. The summed E-state index contributed by atoms with van der Waals surface area (Å²) < 4.78 is 6.54. The van der Waals surface area contributed by atoms with Crippen molar-refractivity contribution in [2.24, 2.45) is 0 Å². The number of rotatable bonds is 4. The van der Waals surface area contributed by atoms with E-state index in [4.69, 9.17) is 27.9 Å². The second-order valence-electron chi connectivity index (χ2n) is 5.86. The van der Waals surface area contributed by atoms with Gasteiger partial charge in [-0.15, -0.1) is 23.2 Å². The van der Waals surface area contributed by atoms with E-state index in [0.29, 0.717) is 11.8 Å². The Morgan fingerprint density at radius 2 is 1.00 bits per heavy atom. The molecule has 0 spiro atoms. The summed E-state index contributed by atoms with van der Waals surface area (Å²) in [6.45, 7) is 0. The highest BCUT2D eigenvalue weighted by Gasteiger charge is 2.42. The molecule has 0 aliphatic heterocycles. The molecule has 0 amide bonds. The maximum atomic E-state index is 6.54. The lowest BCUT2D eigenvalue weighted by Crippen LogP contribution is -2.49. The maximum Gasteiger partial charge on any atom is 0.0825 e.